The van der Waals surface area contributed by atoms with E-state index in [-0.39, 0.29) is 12.3 Å². The van der Waals surface area contributed by atoms with Gasteiger partial charge in [-0.2, -0.15) is 5.10 Å². The van der Waals surface area contributed by atoms with Crippen LogP contribution in [0.2, 0.25) is 0 Å². The molecule has 2 aromatic rings. The normalized spacial score (nSPS) is 10.2. The van der Waals surface area contributed by atoms with Gasteiger partial charge in [-0.15, -0.1) is 0 Å². The first kappa shape index (κ1) is 12.9. The summed E-state index contributed by atoms with van der Waals surface area (Å²) in [6.45, 7) is 0.313. The summed E-state index contributed by atoms with van der Waals surface area (Å²) in [7, 11) is 1.71. The predicted octanol–water partition coefficient (Wildman–Crippen LogP) is 1.41. The zero-order valence-electron chi connectivity index (χ0n) is 10.7. The minimum Gasteiger partial charge on any atom is -0.493 e. The first-order valence-electron chi connectivity index (χ1n) is 5.92. The van der Waals surface area contributed by atoms with Gasteiger partial charge >= 0.3 is 0 Å². The Morgan fingerprint density at radius 3 is 2.79 bits per heavy atom. The van der Waals surface area contributed by atoms with Crippen LogP contribution in [0.3, 0.4) is 0 Å². The number of hydrogen-bond donors (Lipinski definition) is 2. The molecule has 3 N–H and O–H groups in total. The zero-order valence-corrected chi connectivity index (χ0v) is 10.7. The van der Waals surface area contributed by atoms with E-state index in [1.807, 2.05) is 30.3 Å². The van der Waals surface area contributed by atoms with Crippen molar-refractivity contribution in [3.05, 3.63) is 36.5 Å². The predicted molar refractivity (Wildman–Crippen MR) is 72.8 cm³/mol. The van der Waals surface area contributed by atoms with Gasteiger partial charge in [0.15, 0.2) is 5.82 Å². The average Bonchev–Trinajstić information content (AvgIpc) is 2.72. The SMILES string of the molecule is Cn1ncc(N)c1NC(=O)CCOc1ccccc1. The van der Waals surface area contributed by atoms with Crippen LogP contribution in [0.5, 0.6) is 5.75 Å². The first-order chi connectivity index (χ1) is 9.16. The van der Waals surface area contributed by atoms with E-state index in [1.165, 1.54) is 10.9 Å². The summed E-state index contributed by atoms with van der Waals surface area (Å²) in [5, 5.41) is 6.64. The molecule has 19 heavy (non-hydrogen) atoms. The smallest absolute Gasteiger partial charge is 0.229 e. The molecule has 6 heteroatoms. The fourth-order valence-corrected chi connectivity index (χ4v) is 1.58. The molecular formula is C13H16N4O2. The second-order valence-corrected chi connectivity index (χ2v) is 4.03. The highest BCUT2D eigenvalue weighted by atomic mass is 16.5. The molecule has 0 unspecified atom stereocenters. The summed E-state index contributed by atoms with van der Waals surface area (Å²) in [5.41, 5.74) is 6.12. The molecule has 1 aromatic heterocycles. The summed E-state index contributed by atoms with van der Waals surface area (Å²) in [5.74, 6) is 1.09. The molecule has 0 radical (unpaired) electrons. The van der Waals surface area contributed by atoms with E-state index in [1.54, 1.807) is 7.05 Å². The number of hydrogen-bond acceptors (Lipinski definition) is 4. The number of amides is 1. The highest BCUT2D eigenvalue weighted by molar-refractivity contribution is 5.92. The Labute approximate surface area is 111 Å². The molecule has 2 rings (SSSR count). The number of nitrogen functional groups attached to an aromatic ring is 1. The number of rotatable bonds is 5. The largest absolute Gasteiger partial charge is 0.493 e. The number of carbonyl (C=O) groups is 1. The van der Waals surface area contributed by atoms with Crippen LogP contribution in [0.4, 0.5) is 11.5 Å². The number of anilines is 2. The number of nitrogens with zero attached hydrogens (tertiary/aromatic N) is 2. The number of benzene rings is 1. The molecule has 0 saturated heterocycles. The average molecular weight is 260 g/mol. The van der Waals surface area contributed by atoms with Crippen molar-refractivity contribution in [1.29, 1.82) is 0 Å². The van der Waals surface area contributed by atoms with E-state index < -0.39 is 0 Å². The lowest BCUT2D eigenvalue weighted by molar-refractivity contribution is -0.116. The third-order valence-corrected chi connectivity index (χ3v) is 2.57. The summed E-state index contributed by atoms with van der Waals surface area (Å²) in [6.07, 6.45) is 1.75. The maximum absolute atomic E-state index is 11.7. The quantitative estimate of drug-likeness (QED) is 0.851. The molecule has 100 valence electrons. The van der Waals surface area contributed by atoms with Gasteiger partial charge in [0.25, 0.3) is 0 Å². The second kappa shape index (κ2) is 5.90. The maximum Gasteiger partial charge on any atom is 0.229 e. The molecule has 0 aliphatic rings. The number of para-hydroxylation sites is 1. The van der Waals surface area contributed by atoms with Crippen LogP contribution in [0.25, 0.3) is 0 Å². The molecular weight excluding hydrogens is 244 g/mol. The molecule has 0 spiro atoms. The van der Waals surface area contributed by atoms with Crippen molar-refractivity contribution in [2.75, 3.05) is 17.7 Å². The van der Waals surface area contributed by atoms with Gasteiger partial charge in [-0.05, 0) is 12.1 Å². The molecule has 1 heterocycles. The van der Waals surface area contributed by atoms with Gasteiger partial charge in [0, 0.05) is 7.05 Å². The van der Waals surface area contributed by atoms with E-state index in [2.05, 4.69) is 10.4 Å². The number of nitrogens with one attached hydrogen (secondary N) is 1. The van der Waals surface area contributed by atoms with Gasteiger partial charge < -0.3 is 15.8 Å². The van der Waals surface area contributed by atoms with Crippen molar-refractivity contribution < 1.29 is 9.53 Å². The van der Waals surface area contributed by atoms with E-state index in [0.29, 0.717) is 18.1 Å². The van der Waals surface area contributed by atoms with E-state index in [4.69, 9.17) is 10.5 Å². The Balaban J connectivity index is 1.79. The first-order valence-corrected chi connectivity index (χ1v) is 5.92. The van der Waals surface area contributed by atoms with Crippen LogP contribution < -0.4 is 15.8 Å². The monoisotopic (exact) mass is 260 g/mol. The van der Waals surface area contributed by atoms with Crippen molar-refractivity contribution in [2.45, 2.75) is 6.42 Å². The van der Waals surface area contributed by atoms with Crippen LogP contribution in [-0.4, -0.2) is 22.3 Å². The number of nitrogens with two attached hydrogens (primary N) is 1. The van der Waals surface area contributed by atoms with E-state index in [0.717, 1.165) is 5.75 Å². The Morgan fingerprint density at radius 1 is 1.42 bits per heavy atom. The van der Waals surface area contributed by atoms with Crippen molar-refractivity contribution >= 4 is 17.4 Å². The molecule has 1 amide bonds. The fourth-order valence-electron chi connectivity index (χ4n) is 1.58. The standard InChI is InChI=1S/C13H16N4O2/c1-17-13(11(14)9-15-17)16-12(18)7-8-19-10-5-3-2-4-6-10/h2-6,9H,7-8,14H2,1H3,(H,16,18). The Bertz CT molecular complexity index is 532. The molecule has 0 atom stereocenters. The summed E-state index contributed by atoms with van der Waals surface area (Å²) in [4.78, 5) is 11.7. The van der Waals surface area contributed by atoms with Crippen LogP contribution >= 0.6 is 0 Å². The van der Waals surface area contributed by atoms with Gasteiger partial charge in [0.2, 0.25) is 5.91 Å². The van der Waals surface area contributed by atoms with Crippen LogP contribution in [0.1, 0.15) is 6.42 Å². The summed E-state index contributed by atoms with van der Waals surface area (Å²) < 4.78 is 6.96. The lowest BCUT2D eigenvalue weighted by Crippen LogP contribution is -2.18. The zero-order chi connectivity index (χ0) is 13.7. The van der Waals surface area contributed by atoms with E-state index >= 15 is 0 Å². The third kappa shape index (κ3) is 3.48. The van der Waals surface area contributed by atoms with Gasteiger partial charge in [-0.1, -0.05) is 18.2 Å². The molecule has 0 bridgehead atoms. The van der Waals surface area contributed by atoms with Gasteiger partial charge in [-0.3, -0.25) is 9.48 Å². The number of aromatic nitrogens is 2. The van der Waals surface area contributed by atoms with Crippen molar-refractivity contribution in [3.8, 4) is 5.75 Å². The topological polar surface area (TPSA) is 82.2 Å². The van der Waals surface area contributed by atoms with Gasteiger partial charge in [0.05, 0.1) is 24.9 Å². The van der Waals surface area contributed by atoms with Gasteiger partial charge in [-0.25, -0.2) is 0 Å². The number of aryl methyl sites for hydroxylation is 1. The molecule has 1 aromatic carbocycles. The van der Waals surface area contributed by atoms with E-state index in [9.17, 15) is 4.79 Å². The number of carbonyl (C=O) groups excluding carboxylic acids is 1. The fraction of sp³-hybridized carbons (Fsp3) is 0.231. The van der Waals surface area contributed by atoms with Crippen LogP contribution in [0.15, 0.2) is 36.5 Å². The Hall–Kier alpha value is -2.50. The molecule has 0 fully saturated rings. The molecule has 6 nitrogen and oxygen atoms in total. The van der Waals surface area contributed by atoms with Crippen molar-refractivity contribution in [2.24, 2.45) is 7.05 Å². The third-order valence-electron chi connectivity index (χ3n) is 2.57. The summed E-state index contributed by atoms with van der Waals surface area (Å²) in [6, 6.07) is 9.36. The molecule has 0 aliphatic heterocycles. The lowest BCUT2D eigenvalue weighted by Gasteiger charge is -2.08. The number of ether oxygens (including phenoxy) is 1. The second-order valence-electron chi connectivity index (χ2n) is 4.03. The van der Waals surface area contributed by atoms with Crippen molar-refractivity contribution in [3.63, 3.8) is 0 Å². The highest BCUT2D eigenvalue weighted by Gasteiger charge is 2.09. The minimum absolute atomic E-state index is 0.161. The van der Waals surface area contributed by atoms with Crippen LogP contribution in [0, 0.1) is 0 Å². The van der Waals surface area contributed by atoms with Gasteiger partial charge in [0.1, 0.15) is 5.75 Å². The van der Waals surface area contributed by atoms with Crippen LogP contribution in [-0.2, 0) is 11.8 Å². The molecule has 0 aliphatic carbocycles. The minimum atomic E-state index is -0.161. The maximum atomic E-state index is 11.7. The summed E-state index contributed by atoms with van der Waals surface area (Å²) >= 11 is 0. The molecule has 0 saturated carbocycles. The lowest BCUT2D eigenvalue weighted by atomic mass is 10.3. The van der Waals surface area contributed by atoms with Crippen molar-refractivity contribution in [1.82, 2.24) is 9.78 Å². The highest BCUT2D eigenvalue weighted by Crippen LogP contribution is 2.16. The Kier molecular flexibility index (Phi) is 4.02. The Morgan fingerprint density at radius 2 is 2.16 bits per heavy atom.